The lowest BCUT2D eigenvalue weighted by Crippen LogP contribution is -1.96. The summed E-state index contributed by atoms with van der Waals surface area (Å²) in [4.78, 5) is 4.12. The maximum absolute atomic E-state index is 5.93. The molecule has 0 saturated carbocycles. The fourth-order valence-electron chi connectivity index (χ4n) is 0.884. The van der Waals surface area contributed by atoms with Gasteiger partial charge in [-0.3, -0.25) is 0 Å². The van der Waals surface area contributed by atoms with Gasteiger partial charge in [0.2, 0.25) is 5.95 Å². The van der Waals surface area contributed by atoms with Crippen LogP contribution in [0.1, 0.15) is 25.5 Å². The molecule has 0 saturated heterocycles. The monoisotopic (exact) mass is 173 g/mol. The van der Waals surface area contributed by atoms with E-state index in [9.17, 15) is 0 Å². The van der Waals surface area contributed by atoms with Crippen LogP contribution < -0.4 is 5.73 Å². The van der Waals surface area contributed by atoms with Gasteiger partial charge in [0.05, 0.1) is 5.69 Å². The van der Waals surface area contributed by atoms with Crippen molar-refractivity contribution >= 4 is 17.5 Å². The number of halogens is 1. The van der Waals surface area contributed by atoms with Gasteiger partial charge in [-0.05, 0) is 5.92 Å². The van der Waals surface area contributed by atoms with Gasteiger partial charge >= 0.3 is 0 Å². The third kappa shape index (κ3) is 1.33. The van der Waals surface area contributed by atoms with Crippen LogP contribution in [0.3, 0.4) is 0 Å². The highest BCUT2D eigenvalue weighted by atomic mass is 35.5. The zero-order chi connectivity index (χ0) is 8.59. The second-order valence-electron chi connectivity index (χ2n) is 2.86. The van der Waals surface area contributed by atoms with E-state index in [0.29, 0.717) is 17.0 Å². The van der Waals surface area contributed by atoms with Gasteiger partial charge in [-0.15, -0.1) is 0 Å². The van der Waals surface area contributed by atoms with E-state index >= 15 is 0 Å². The Kier molecular flexibility index (Phi) is 2.09. The molecule has 1 rings (SSSR count). The summed E-state index contributed by atoms with van der Waals surface area (Å²) in [6.07, 6.45) is 0. The fourth-order valence-corrected chi connectivity index (χ4v) is 1.23. The van der Waals surface area contributed by atoms with Crippen LogP contribution in [0.4, 0.5) is 5.95 Å². The second kappa shape index (κ2) is 2.74. The van der Waals surface area contributed by atoms with Gasteiger partial charge < -0.3 is 10.3 Å². The van der Waals surface area contributed by atoms with Crippen LogP contribution in [0.5, 0.6) is 0 Å². The number of nitrogens with zero attached hydrogens (tertiary/aromatic N) is 2. The number of aromatic nitrogens is 2. The highest BCUT2D eigenvalue weighted by Crippen LogP contribution is 2.24. The molecular weight excluding hydrogens is 162 g/mol. The van der Waals surface area contributed by atoms with Crippen molar-refractivity contribution < 1.29 is 0 Å². The molecule has 0 bridgehead atoms. The van der Waals surface area contributed by atoms with E-state index in [4.69, 9.17) is 17.3 Å². The Morgan fingerprint density at radius 2 is 2.09 bits per heavy atom. The number of hydrogen-bond acceptors (Lipinski definition) is 2. The summed E-state index contributed by atoms with van der Waals surface area (Å²) in [5, 5.41) is 0.637. The maximum Gasteiger partial charge on any atom is 0.201 e. The molecule has 0 amide bonds. The molecule has 62 valence electrons. The third-order valence-corrected chi connectivity index (χ3v) is 2.08. The van der Waals surface area contributed by atoms with Crippen molar-refractivity contribution in [3.8, 4) is 0 Å². The Morgan fingerprint density at radius 3 is 2.27 bits per heavy atom. The van der Waals surface area contributed by atoms with E-state index in [1.54, 1.807) is 11.6 Å². The Labute approximate surface area is 71.2 Å². The Morgan fingerprint density at radius 1 is 1.55 bits per heavy atom. The number of nitrogens with two attached hydrogens (primary N) is 1. The highest BCUT2D eigenvalue weighted by Gasteiger charge is 2.12. The number of nitrogen functional groups attached to an aromatic ring is 1. The molecule has 0 radical (unpaired) electrons. The Bertz CT molecular complexity index is 265. The average Bonchev–Trinajstić information content (AvgIpc) is 2.17. The van der Waals surface area contributed by atoms with E-state index in [0.717, 1.165) is 5.69 Å². The zero-order valence-electron chi connectivity index (χ0n) is 6.93. The SMILES string of the molecule is CC(C)c1nc(N)n(C)c1Cl. The minimum Gasteiger partial charge on any atom is -0.369 e. The van der Waals surface area contributed by atoms with Crippen LogP contribution in [0.15, 0.2) is 0 Å². The van der Waals surface area contributed by atoms with Crippen molar-refractivity contribution in [1.29, 1.82) is 0 Å². The van der Waals surface area contributed by atoms with Gasteiger partial charge in [-0.25, -0.2) is 4.98 Å². The number of anilines is 1. The van der Waals surface area contributed by atoms with Crippen molar-refractivity contribution in [3.63, 3.8) is 0 Å². The van der Waals surface area contributed by atoms with Gasteiger partial charge in [0.25, 0.3) is 0 Å². The van der Waals surface area contributed by atoms with E-state index < -0.39 is 0 Å². The van der Waals surface area contributed by atoms with Crippen molar-refractivity contribution in [2.75, 3.05) is 5.73 Å². The van der Waals surface area contributed by atoms with E-state index in [-0.39, 0.29) is 0 Å². The normalized spacial score (nSPS) is 11.0. The predicted molar refractivity (Wildman–Crippen MR) is 46.7 cm³/mol. The van der Waals surface area contributed by atoms with Crippen molar-refractivity contribution in [2.45, 2.75) is 19.8 Å². The lowest BCUT2D eigenvalue weighted by atomic mass is 10.2. The first-order valence-electron chi connectivity index (χ1n) is 3.51. The summed E-state index contributed by atoms with van der Waals surface area (Å²) < 4.78 is 1.68. The smallest absolute Gasteiger partial charge is 0.201 e. The highest BCUT2D eigenvalue weighted by molar-refractivity contribution is 6.30. The summed E-state index contributed by atoms with van der Waals surface area (Å²) in [5.74, 6) is 0.796. The van der Waals surface area contributed by atoms with Gasteiger partial charge in [-0.2, -0.15) is 0 Å². The molecule has 1 aromatic heterocycles. The first kappa shape index (κ1) is 8.40. The maximum atomic E-state index is 5.93. The van der Waals surface area contributed by atoms with Crippen molar-refractivity contribution in [2.24, 2.45) is 7.05 Å². The zero-order valence-corrected chi connectivity index (χ0v) is 7.68. The summed E-state index contributed by atoms with van der Waals surface area (Å²) in [5.41, 5.74) is 6.41. The number of rotatable bonds is 1. The lowest BCUT2D eigenvalue weighted by Gasteiger charge is -1.99. The van der Waals surface area contributed by atoms with Crippen molar-refractivity contribution in [3.05, 3.63) is 10.8 Å². The summed E-state index contributed by atoms with van der Waals surface area (Å²) >= 11 is 5.93. The summed E-state index contributed by atoms with van der Waals surface area (Å²) in [6.45, 7) is 4.07. The van der Waals surface area contributed by atoms with Crippen LogP contribution in [0.2, 0.25) is 5.15 Å². The van der Waals surface area contributed by atoms with Gasteiger partial charge in [-0.1, -0.05) is 25.4 Å². The molecule has 0 aliphatic heterocycles. The molecule has 0 atom stereocenters. The molecule has 2 N–H and O–H groups in total. The predicted octanol–water partition coefficient (Wildman–Crippen LogP) is 1.78. The molecule has 0 spiro atoms. The molecule has 0 aliphatic rings. The largest absolute Gasteiger partial charge is 0.369 e. The molecule has 0 unspecified atom stereocenters. The first-order chi connectivity index (χ1) is 5.04. The van der Waals surface area contributed by atoms with E-state index in [1.165, 1.54) is 0 Å². The minimum atomic E-state index is 0.325. The van der Waals surface area contributed by atoms with Crippen LogP contribution in [-0.4, -0.2) is 9.55 Å². The Balaban J connectivity index is 3.19. The molecule has 0 fully saturated rings. The summed E-state index contributed by atoms with van der Waals surface area (Å²) in [6, 6.07) is 0. The van der Waals surface area contributed by atoms with E-state index in [2.05, 4.69) is 4.98 Å². The van der Waals surface area contributed by atoms with Crippen LogP contribution in [-0.2, 0) is 7.05 Å². The lowest BCUT2D eigenvalue weighted by molar-refractivity contribution is 0.829. The summed E-state index contributed by atoms with van der Waals surface area (Å²) in [7, 11) is 1.80. The van der Waals surface area contributed by atoms with Gasteiger partial charge in [0.15, 0.2) is 0 Å². The van der Waals surface area contributed by atoms with Gasteiger partial charge in [0.1, 0.15) is 5.15 Å². The van der Waals surface area contributed by atoms with Gasteiger partial charge in [0, 0.05) is 7.05 Å². The quantitative estimate of drug-likeness (QED) is 0.704. The standard InChI is InChI=1S/C7H12ClN3/c1-4(2)5-6(8)11(3)7(9)10-5/h4H,1-3H3,(H2,9,10). The molecule has 1 heterocycles. The minimum absolute atomic E-state index is 0.325. The second-order valence-corrected chi connectivity index (χ2v) is 3.22. The molecule has 0 aromatic carbocycles. The number of imidazole rings is 1. The average molecular weight is 174 g/mol. The van der Waals surface area contributed by atoms with Crippen molar-refractivity contribution in [1.82, 2.24) is 9.55 Å². The molecule has 3 nitrogen and oxygen atoms in total. The fraction of sp³-hybridized carbons (Fsp3) is 0.571. The van der Waals surface area contributed by atoms with Crippen LogP contribution in [0.25, 0.3) is 0 Å². The van der Waals surface area contributed by atoms with Crippen LogP contribution >= 0.6 is 11.6 Å². The topological polar surface area (TPSA) is 43.8 Å². The van der Waals surface area contributed by atoms with E-state index in [1.807, 2.05) is 13.8 Å². The third-order valence-electron chi connectivity index (χ3n) is 1.63. The molecular formula is C7H12ClN3. The Hall–Kier alpha value is -0.700. The first-order valence-corrected chi connectivity index (χ1v) is 3.89. The number of hydrogen-bond donors (Lipinski definition) is 1. The molecule has 1 aromatic rings. The molecule has 11 heavy (non-hydrogen) atoms. The molecule has 0 aliphatic carbocycles. The molecule has 4 heteroatoms. The van der Waals surface area contributed by atoms with Crippen LogP contribution in [0, 0.1) is 0 Å².